The molecule has 0 spiro atoms. The van der Waals surface area contributed by atoms with Crippen LogP contribution in [0.2, 0.25) is 0 Å². The summed E-state index contributed by atoms with van der Waals surface area (Å²) in [6.45, 7) is 3.25. The Balaban J connectivity index is 1.42. The molecule has 8 aromatic carbocycles. The zero-order valence-corrected chi connectivity index (χ0v) is 36.5. The van der Waals surface area contributed by atoms with Crippen LogP contribution in [0.4, 0.5) is 17.1 Å². The van der Waals surface area contributed by atoms with Crippen molar-refractivity contribution in [3.05, 3.63) is 160 Å². The van der Waals surface area contributed by atoms with E-state index in [1.54, 1.807) is 44.2 Å². The normalized spacial score (nSPS) is 12.0. The van der Waals surface area contributed by atoms with E-state index in [1.165, 1.54) is 54.6 Å². The van der Waals surface area contributed by atoms with Crippen LogP contribution in [0, 0.1) is 16.2 Å². The van der Waals surface area contributed by atoms with Crippen molar-refractivity contribution >= 4 is 79.7 Å². The summed E-state index contributed by atoms with van der Waals surface area (Å²) in [6.07, 6.45) is 0. The van der Waals surface area contributed by atoms with Crippen LogP contribution in [-0.4, -0.2) is 25.3 Å². The summed E-state index contributed by atoms with van der Waals surface area (Å²) in [5, 5.41) is 66.1. The second-order valence-corrected chi connectivity index (χ2v) is 19.5. The molecule has 0 heterocycles. The SMILES string of the molecule is CC(C)(c1ccccc1)c1ccc(OS(=O)(=O)c2cccc3c([O-])c([N+]#N)ccc23)c(OS(=O)(=O)c2cccc3c([O-])c([N+]#N)ccc23)c1OS(=O)(=O)c1cccc2c([O-])c([N+]#N)ccc12. The molecule has 0 aliphatic carbocycles. The first kappa shape index (κ1) is 44.1. The van der Waals surface area contributed by atoms with E-state index >= 15 is 0 Å². The lowest BCUT2D eigenvalue weighted by Crippen LogP contribution is -2.23. The van der Waals surface area contributed by atoms with Crippen molar-refractivity contribution in [2.45, 2.75) is 33.9 Å². The molecule has 0 atom stereocenters. The molecule has 0 saturated carbocycles. The Labute approximate surface area is 375 Å². The molecule has 21 heteroatoms. The predicted molar refractivity (Wildman–Crippen MR) is 233 cm³/mol. The van der Waals surface area contributed by atoms with Gasteiger partial charge in [-0.3, -0.25) is 0 Å². The van der Waals surface area contributed by atoms with E-state index in [-0.39, 0.29) is 37.9 Å². The van der Waals surface area contributed by atoms with Crippen LogP contribution < -0.4 is 27.9 Å². The van der Waals surface area contributed by atoms with Gasteiger partial charge < -0.3 is 27.9 Å². The quantitative estimate of drug-likeness (QED) is 0.0868. The molecule has 0 amide bonds. The molecular formula is C45H28N6O12S3. The largest absolute Gasteiger partial charge is 0.867 e. The van der Waals surface area contributed by atoms with Crippen molar-refractivity contribution in [3.63, 3.8) is 0 Å². The molecule has 0 fully saturated rings. The predicted octanol–water partition coefficient (Wildman–Crippen LogP) is 8.45. The highest BCUT2D eigenvalue weighted by molar-refractivity contribution is 7.88. The van der Waals surface area contributed by atoms with E-state index in [1.807, 2.05) is 0 Å². The third-order valence-corrected chi connectivity index (χ3v) is 14.7. The van der Waals surface area contributed by atoms with Gasteiger partial charge in [0, 0.05) is 45.3 Å². The Bertz CT molecular complexity index is 3850. The fourth-order valence-electron chi connectivity index (χ4n) is 7.51. The summed E-state index contributed by atoms with van der Waals surface area (Å²) in [5.74, 6) is -5.52. The highest BCUT2D eigenvalue weighted by atomic mass is 32.2. The highest BCUT2D eigenvalue weighted by Gasteiger charge is 2.38. The molecule has 0 aliphatic heterocycles. The molecule has 0 aromatic heterocycles. The third kappa shape index (κ3) is 7.46. The van der Waals surface area contributed by atoms with Gasteiger partial charge in [0.1, 0.15) is 14.7 Å². The smallest absolute Gasteiger partial charge is 0.378 e. The summed E-state index contributed by atoms with van der Waals surface area (Å²) >= 11 is 0. The Morgan fingerprint density at radius 2 is 0.803 bits per heavy atom. The summed E-state index contributed by atoms with van der Waals surface area (Å²) < 4.78 is 105. The van der Waals surface area contributed by atoms with E-state index < -0.39 is 102 Å². The fourth-order valence-corrected chi connectivity index (χ4v) is 11.0. The van der Waals surface area contributed by atoms with E-state index in [2.05, 4.69) is 14.9 Å². The monoisotopic (exact) mass is 940 g/mol. The van der Waals surface area contributed by atoms with Crippen LogP contribution in [0.25, 0.3) is 47.2 Å². The van der Waals surface area contributed by atoms with Crippen molar-refractivity contribution in [2.24, 2.45) is 0 Å². The molecule has 0 bridgehead atoms. The Morgan fingerprint density at radius 3 is 1.20 bits per heavy atom. The number of nitrogens with zero attached hydrogens (tertiary/aromatic N) is 6. The minimum absolute atomic E-state index is 0.103. The van der Waals surface area contributed by atoms with Gasteiger partial charge in [-0.1, -0.05) is 86.6 Å². The molecule has 8 aromatic rings. The molecule has 0 unspecified atom stereocenters. The summed E-state index contributed by atoms with van der Waals surface area (Å²) in [6, 6.07) is 27.9. The lowest BCUT2D eigenvalue weighted by molar-refractivity contribution is -0.265. The van der Waals surface area contributed by atoms with Crippen molar-refractivity contribution in [1.82, 2.24) is 0 Å². The van der Waals surface area contributed by atoms with Crippen LogP contribution >= 0.6 is 0 Å². The highest BCUT2D eigenvalue weighted by Crippen LogP contribution is 2.51. The molecule has 0 aliphatic rings. The van der Waals surface area contributed by atoms with Crippen LogP contribution in [0.15, 0.2) is 148 Å². The third-order valence-electron chi connectivity index (χ3n) is 10.8. The minimum Gasteiger partial charge on any atom is -0.867 e. The first-order valence-electron chi connectivity index (χ1n) is 19.1. The lowest BCUT2D eigenvalue weighted by atomic mass is 9.77. The van der Waals surface area contributed by atoms with Gasteiger partial charge in [0.2, 0.25) is 21.9 Å². The van der Waals surface area contributed by atoms with E-state index in [0.717, 1.165) is 48.5 Å². The van der Waals surface area contributed by atoms with Crippen LogP contribution in [0.3, 0.4) is 0 Å². The molecular weight excluding hydrogens is 913 g/mol. The summed E-state index contributed by atoms with van der Waals surface area (Å²) in [5.41, 5.74) is -2.15. The second-order valence-electron chi connectivity index (χ2n) is 15.0. The first-order chi connectivity index (χ1) is 31.3. The summed E-state index contributed by atoms with van der Waals surface area (Å²) in [4.78, 5) is 6.88. The maximum atomic E-state index is 14.7. The molecule has 66 heavy (non-hydrogen) atoms. The van der Waals surface area contributed by atoms with Gasteiger partial charge >= 0.3 is 47.4 Å². The van der Waals surface area contributed by atoms with E-state index in [4.69, 9.17) is 12.5 Å². The Hall–Kier alpha value is -8.55. The van der Waals surface area contributed by atoms with Crippen LogP contribution in [-0.2, 0) is 35.8 Å². The Kier molecular flexibility index (Phi) is 10.8. The molecule has 0 N–H and O–H groups in total. The zero-order chi connectivity index (χ0) is 47.3. The number of hydrogen-bond acceptors (Lipinski definition) is 15. The lowest BCUT2D eigenvalue weighted by Gasteiger charge is -2.29. The standard InChI is InChI=1S/C45H28N6O12S3/c1-45(2,25-9-4-3-5-10-25)32-20-24-36(61-64(55,56)37-14-6-11-29-26(37)17-21-33(49-46)40(29)52)44(63-66(59,60)39-16-8-13-31-28(39)19-23-35(51-48)42(31)54)43(32)62-65(57,58)38-15-7-12-30-27(38)18-22-34(50-47)41(30)53/h3-24H,1-2H3. The maximum Gasteiger partial charge on any atom is 0.378 e. The van der Waals surface area contributed by atoms with Gasteiger partial charge in [0.25, 0.3) is 0 Å². The molecule has 328 valence electrons. The van der Waals surface area contributed by atoms with Crippen molar-refractivity contribution in [2.75, 3.05) is 0 Å². The number of fused-ring (bicyclic) bond motifs is 3. The van der Waals surface area contributed by atoms with Gasteiger partial charge in [0.15, 0.2) is 26.4 Å². The van der Waals surface area contributed by atoms with Crippen molar-refractivity contribution < 1.29 is 53.1 Å². The molecule has 0 saturated heterocycles. The summed E-state index contributed by atoms with van der Waals surface area (Å²) in [7, 11) is -15.7. The van der Waals surface area contributed by atoms with E-state index in [0.29, 0.717) is 5.56 Å². The number of hydrogen-bond donors (Lipinski definition) is 0. The second kappa shape index (κ2) is 16.2. The Morgan fingerprint density at radius 1 is 0.424 bits per heavy atom. The topological polar surface area (TPSA) is 284 Å². The van der Waals surface area contributed by atoms with Gasteiger partial charge in [-0.25, -0.2) is 0 Å². The number of benzene rings is 8. The van der Waals surface area contributed by atoms with Crippen molar-refractivity contribution in [3.8, 4) is 34.5 Å². The van der Waals surface area contributed by atoms with Gasteiger partial charge in [0.05, 0.1) is 0 Å². The van der Waals surface area contributed by atoms with Crippen LogP contribution in [0.1, 0.15) is 25.0 Å². The zero-order valence-electron chi connectivity index (χ0n) is 34.0. The number of rotatable bonds is 11. The molecule has 0 radical (unpaired) electrons. The average Bonchev–Trinajstić information content (AvgIpc) is 3.30. The van der Waals surface area contributed by atoms with Gasteiger partial charge in [-0.15, -0.1) is 0 Å². The first-order valence-corrected chi connectivity index (χ1v) is 23.4. The minimum atomic E-state index is -5.32. The maximum absolute atomic E-state index is 14.7. The van der Waals surface area contributed by atoms with Crippen molar-refractivity contribution in [1.29, 1.82) is 16.2 Å². The fraction of sp³-hybridized carbons (Fsp3) is 0.0667. The van der Waals surface area contributed by atoms with E-state index in [9.17, 15) is 56.8 Å². The average molecular weight is 941 g/mol. The van der Waals surface area contributed by atoms with Crippen LogP contribution in [0.5, 0.6) is 34.5 Å². The molecule has 18 nitrogen and oxygen atoms in total. The molecule has 8 rings (SSSR count). The van der Waals surface area contributed by atoms with Gasteiger partial charge in [-0.05, 0) is 81.4 Å². The number of diazo groups is 3. The van der Waals surface area contributed by atoms with Gasteiger partial charge in [-0.2, -0.15) is 25.3 Å².